The number of piperidine rings is 1. The number of carbonyl (C=O) groups excluding carboxylic acids is 1. The maximum absolute atomic E-state index is 12.7. The molecule has 0 unspecified atom stereocenters. The first-order valence-electron chi connectivity index (χ1n) is 7.68. The van der Waals surface area contributed by atoms with E-state index in [1.807, 2.05) is 22.4 Å². The SMILES string of the molecule is O=C(Nc1ccc2c(c1)OCO2)N1CCCC[C@H]1c1nccs1. The zero-order valence-corrected chi connectivity index (χ0v) is 13.3. The predicted octanol–water partition coefficient (Wildman–Crippen LogP) is 3.63. The highest BCUT2D eigenvalue weighted by molar-refractivity contribution is 7.09. The van der Waals surface area contributed by atoms with Crippen LogP contribution in [0.2, 0.25) is 0 Å². The second-order valence-corrected chi connectivity index (χ2v) is 6.50. The average Bonchev–Trinajstić information content (AvgIpc) is 3.26. The van der Waals surface area contributed by atoms with Crippen molar-refractivity contribution in [3.05, 3.63) is 34.8 Å². The molecule has 0 spiro atoms. The summed E-state index contributed by atoms with van der Waals surface area (Å²) in [5.74, 6) is 1.37. The summed E-state index contributed by atoms with van der Waals surface area (Å²) in [5.41, 5.74) is 0.711. The molecule has 7 heteroatoms. The molecule has 1 saturated heterocycles. The highest BCUT2D eigenvalue weighted by Gasteiger charge is 2.29. The van der Waals surface area contributed by atoms with Gasteiger partial charge in [-0.1, -0.05) is 0 Å². The molecule has 2 aliphatic heterocycles. The van der Waals surface area contributed by atoms with Crippen molar-refractivity contribution in [2.24, 2.45) is 0 Å². The van der Waals surface area contributed by atoms with Crippen molar-refractivity contribution < 1.29 is 14.3 Å². The first-order valence-corrected chi connectivity index (χ1v) is 8.56. The van der Waals surface area contributed by atoms with E-state index in [-0.39, 0.29) is 18.9 Å². The van der Waals surface area contributed by atoms with E-state index in [4.69, 9.17) is 9.47 Å². The van der Waals surface area contributed by atoms with Gasteiger partial charge in [0.2, 0.25) is 6.79 Å². The van der Waals surface area contributed by atoms with Gasteiger partial charge in [-0.05, 0) is 31.4 Å². The molecule has 2 aromatic rings. The van der Waals surface area contributed by atoms with Gasteiger partial charge >= 0.3 is 6.03 Å². The van der Waals surface area contributed by atoms with Gasteiger partial charge in [0.05, 0.1) is 6.04 Å². The minimum atomic E-state index is -0.0937. The van der Waals surface area contributed by atoms with E-state index in [1.165, 1.54) is 0 Å². The Hall–Kier alpha value is -2.28. The van der Waals surface area contributed by atoms with Gasteiger partial charge in [0.1, 0.15) is 5.01 Å². The number of amides is 2. The predicted molar refractivity (Wildman–Crippen MR) is 87.0 cm³/mol. The summed E-state index contributed by atoms with van der Waals surface area (Å²) in [5, 5.41) is 5.92. The molecule has 1 fully saturated rings. The molecule has 2 aliphatic rings. The van der Waals surface area contributed by atoms with Crippen LogP contribution >= 0.6 is 11.3 Å². The summed E-state index contributed by atoms with van der Waals surface area (Å²) in [7, 11) is 0. The largest absolute Gasteiger partial charge is 0.454 e. The number of fused-ring (bicyclic) bond motifs is 1. The smallest absolute Gasteiger partial charge is 0.322 e. The van der Waals surface area contributed by atoms with Gasteiger partial charge in [-0.2, -0.15) is 0 Å². The highest BCUT2D eigenvalue weighted by Crippen LogP contribution is 2.35. The Labute approximate surface area is 138 Å². The van der Waals surface area contributed by atoms with Crippen LogP contribution in [-0.4, -0.2) is 29.3 Å². The lowest BCUT2D eigenvalue weighted by Gasteiger charge is -2.34. The summed E-state index contributed by atoms with van der Waals surface area (Å²) in [6, 6.07) is 5.41. The van der Waals surface area contributed by atoms with E-state index in [2.05, 4.69) is 10.3 Å². The van der Waals surface area contributed by atoms with Crippen LogP contribution < -0.4 is 14.8 Å². The van der Waals surface area contributed by atoms with Gasteiger partial charge in [-0.3, -0.25) is 0 Å². The summed E-state index contributed by atoms with van der Waals surface area (Å²) in [4.78, 5) is 19.0. The van der Waals surface area contributed by atoms with E-state index < -0.39 is 0 Å². The van der Waals surface area contributed by atoms with Crippen LogP contribution in [0.5, 0.6) is 11.5 Å². The molecule has 3 heterocycles. The molecule has 1 atom stereocenters. The number of aromatic nitrogens is 1. The molecule has 0 saturated carbocycles. The topological polar surface area (TPSA) is 63.7 Å². The van der Waals surface area contributed by atoms with E-state index in [9.17, 15) is 4.79 Å². The molecular formula is C16H17N3O3S. The summed E-state index contributed by atoms with van der Waals surface area (Å²) in [6.45, 7) is 0.978. The van der Waals surface area contributed by atoms with E-state index >= 15 is 0 Å². The lowest BCUT2D eigenvalue weighted by molar-refractivity contribution is 0.163. The average molecular weight is 331 g/mol. The Balaban J connectivity index is 1.51. The van der Waals surface area contributed by atoms with Crippen molar-refractivity contribution in [1.29, 1.82) is 0 Å². The fraction of sp³-hybridized carbons (Fsp3) is 0.375. The van der Waals surface area contributed by atoms with Crippen LogP contribution in [0, 0.1) is 0 Å². The van der Waals surface area contributed by atoms with Gasteiger partial charge in [0, 0.05) is 29.9 Å². The molecule has 23 heavy (non-hydrogen) atoms. The molecular weight excluding hydrogens is 314 g/mol. The number of thiazole rings is 1. The molecule has 1 aromatic carbocycles. The van der Waals surface area contributed by atoms with Crippen LogP contribution in [0.25, 0.3) is 0 Å². The van der Waals surface area contributed by atoms with Crippen molar-refractivity contribution in [3.63, 3.8) is 0 Å². The van der Waals surface area contributed by atoms with Crippen LogP contribution in [0.1, 0.15) is 30.3 Å². The van der Waals surface area contributed by atoms with Crippen molar-refractivity contribution >= 4 is 23.1 Å². The second-order valence-electron chi connectivity index (χ2n) is 5.57. The Bertz CT molecular complexity index is 705. The number of likely N-dealkylation sites (tertiary alicyclic amines) is 1. The minimum Gasteiger partial charge on any atom is -0.454 e. The van der Waals surface area contributed by atoms with Crippen LogP contribution in [0.3, 0.4) is 0 Å². The molecule has 2 amide bonds. The molecule has 6 nitrogen and oxygen atoms in total. The summed E-state index contributed by atoms with van der Waals surface area (Å²) < 4.78 is 10.6. The van der Waals surface area contributed by atoms with E-state index in [0.29, 0.717) is 17.2 Å². The Kier molecular flexibility index (Phi) is 3.78. The number of rotatable bonds is 2. The van der Waals surface area contributed by atoms with E-state index in [1.54, 1.807) is 23.6 Å². The first-order chi connectivity index (χ1) is 11.3. The van der Waals surface area contributed by atoms with Crippen LogP contribution in [-0.2, 0) is 0 Å². The lowest BCUT2D eigenvalue weighted by atomic mass is 10.0. The Morgan fingerprint density at radius 3 is 3.09 bits per heavy atom. The van der Waals surface area contributed by atoms with Crippen molar-refractivity contribution in [2.45, 2.75) is 25.3 Å². The van der Waals surface area contributed by atoms with E-state index in [0.717, 1.165) is 30.8 Å². The maximum atomic E-state index is 12.7. The van der Waals surface area contributed by atoms with Gasteiger partial charge in [0.25, 0.3) is 0 Å². The fourth-order valence-electron chi connectivity index (χ4n) is 3.00. The molecule has 0 bridgehead atoms. The maximum Gasteiger partial charge on any atom is 0.322 e. The number of anilines is 1. The standard InChI is InChI=1S/C16H17N3O3S/c20-16(18-11-4-5-13-14(9-11)22-10-21-13)19-7-2-1-3-12(19)15-17-6-8-23-15/h4-6,8-9,12H,1-3,7,10H2,(H,18,20)/t12-/m0/s1. The minimum absolute atomic E-state index is 0.0674. The fourth-order valence-corrected chi connectivity index (χ4v) is 3.79. The second kappa shape index (κ2) is 6.08. The number of ether oxygens (including phenoxy) is 2. The monoisotopic (exact) mass is 331 g/mol. The van der Waals surface area contributed by atoms with Crippen molar-refractivity contribution in [1.82, 2.24) is 9.88 Å². The number of hydrogen-bond acceptors (Lipinski definition) is 5. The van der Waals surface area contributed by atoms with Crippen molar-refractivity contribution in [3.8, 4) is 11.5 Å². The number of nitrogens with zero attached hydrogens (tertiary/aromatic N) is 2. The Morgan fingerprint density at radius 2 is 2.22 bits per heavy atom. The number of benzene rings is 1. The number of urea groups is 1. The zero-order chi connectivity index (χ0) is 15.6. The van der Waals surface area contributed by atoms with Crippen LogP contribution in [0.4, 0.5) is 10.5 Å². The molecule has 0 radical (unpaired) electrons. The number of nitrogens with one attached hydrogen (secondary N) is 1. The van der Waals surface area contributed by atoms with Gasteiger partial charge in [-0.15, -0.1) is 11.3 Å². The van der Waals surface area contributed by atoms with Gasteiger partial charge in [-0.25, -0.2) is 9.78 Å². The van der Waals surface area contributed by atoms with Gasteiger partial charge in [0.15, 0.2) is 11.5 Å². The first kappa shape index (κ1) is 14.3. The molecule has 0 aliphatic carbocycles. The lowest BCUT2D eigenvalue weighted by Crippen LogP contribution is -2.41. The highest BCUT2D eigenvalue weighted by atomic mass is 32.1. The zero-order valence-electron chi connectivity index (χ0n) is 12.5. The normalized spacial score (nSPS) is 19.7. The van der Waals surface area contributed by atoms with Crippen molar-refractivity contribution in [2.75, 3.05) is 18.7 Å². The quantitative estimate of drug-likeness (QED) is 0.913. The summed E-state index contributed by atoms with van der Waals surface area (Å²) >= 11 is 1.60. The number of carbonyl (C=O) groups is 1. The Morgan fingerprint density at radius 1 is 1.30 bits per heavy atom. The molecule has 120 valence electrons. The molecule has 1 N–H and O–H groups in total. The van der Waals surface area contributed by atoms with Gasteiger partial charge < -0.3 is 19.7 Å². The third kappa shape index (κ3) is 2.84. The molecule has 1 aromatic heterocycles. The van der Waals surface area contributed by atoms with Crippen LogP contribution in [0.15, 0.2) is 29.8 Å². The number of hydrogen-bond donors (Lipinski definition) is 1. The third-order valence-corrected chi connectivity index (χ3v) is 5.00. The third-order valence-electron chi connectivity index (χ3n) is 4.12. The molecule has 4 rings (SSSR count). The summed E-state index contributed by atoms with van der Waals surface area (Å²) in [6.07, 6.45) is 4.90.